The molecule has 2 saturated heterocycles. The van der Waals surface area contributed by atoms with Gasteiger partial charge in [0, 0.05) is 0 Å². The lowest BCUT2D eigenvalue weighted by Gasteiger charge is -2.09. The van der Waals surface area contributed by atoms with Crippen LogP contribution in [-0.4, -0.2) is 25.2 Å². The SMILES string of the molecule is O=C1CCO1.O=C1CCO1. The number of rotatable bonds is 0. The molecule has 2 fully saturated rings. The molecule has 0 aromatic heterocycles. The summed E-state index contributed by atoms with van der Waals surface area (Å²) in [6.07, 6.45) is 1.25. The second kappa shape index (κ2) is 3.20. The Bertz CT molecular complexity index is 122. The molecule has 2 rings (SSSR count). The molecule has 4 heteroatoms. The Morgan fingerprint density at radius 2 is 1.10 bits per heavy atom. The molecule has 0 radical (unpaired) electrons. The van der Waals surface area contributed by atoms with Gasteiger partial charge in [-0.3, -0.25) is 9.59 Å². The van der Waals surface area contributed by atoms with Gasteiger partial charge in [0.15, 0.2) is 0 Å². The van der Waals surface area contributed by atoms with Gasteiger partial charge in [-0.1, -0.05) is 0 Å². The summed E-state index contributed by atoms with van der Waals surface area (Å²) in [4.78, 5) is 19.4. The van der Waals surface area contributed by atoms with Crippen LogP contribution in [0.2, 0.25) is 0 Å². The lowest BCUT2D eigenvalue weighted by molar-refractivity contribution is -0.158. The molecule has 0 unspecified atom stereocenters. The molecular weight excluding hydrogens is 136 g/mol. The van der Waals surface area contributed by atoms with E-state index in [1.165, 1.54) is 0 Å². The van der Waals surface area contributed by atoms with Crippen LogP contribution >= 0.6 is 0 Å². The average Bonchev–Trinajstić information content (AvgIpc) is 1.80. The molecule has 0 spiro atoms. The fraction of sp³-hybridized carbons (Fsp3) is 0.667. The van der Waals surface area contributed by atoms with Gasteiger partial charge >= 0.3 is 11.9 Å². The lowest BCUT2D eigenvalue weighted by atomic mass is 10.4. The molecule has 0 N–H and O–H groups in total. The minimum Gasteiger partial charge on any atom is -0.465 e. The number of ether oxygens (including phenoxy) is 2. The number of hydrogen-bond donors (Lipinski definition) is 0. The standard InChI is InChI=1S/2C3H4O2/c2*4-3-1-2-5-3/h2*1-2H2. The van der Waals surface area contributed by atoms with E-state index in [1.807, 2.05) is 0 Å². The Morgan fingerprint density at radius 3 is 1.10 bits per heavy atom. The molecule has 0 aromatic carbocycles. The summed E-state index contributed by atoms with van der Waals surface area (Å²) in [6.45, 7) is 1.28. The fourth-order valence-corrected chi connectivity index (χ4v) is 0.371. The molecule has 4 nitrogen and oxygen atoms in total. The van der Waals surface area contributed by atoms with Crippen molar-refractivity contribution in [3.63, 3.8) is 0 Å². The summed E-state index contributed by atoms with van der Waals surface area (Å²) in [5.41, 5.74) is 0. The first-order valence-corrected chi connectivity index (χ1v) is 3.10. The highest BCUT2D eigenvalue weighted by Crippen LogP contribution is 1.97. The van der Waals surface area contributed by atoms with Crippen molar-refractivity contribution in [2.24, 2.45) is 0 Å². The summed E-state index contributed by atoms with van der Waals surface area (Å²) in [7, 11) is 0. The van der Waals surface area contributed by atoms with Crippen molar-refractivity contribution < 1.29 is 19.1 Å². The van der Waals surface area contributed by atoms with E-state index in [4.69, 9.17) is 0 Å². The van der Waals surface area contributed by atoms with E-state index in [2.05, 4.69) is 9.47 Å². The Labute approximate surface area is 58.1 Å². The van der Waals surface area contributed by atoms with Crippen molar-refractivity contribution in [2.75, 3.05) is 13.2 Å². The van der Waals surface area contributed by atoms with Crippen molar-refractivity contribution in [1.82, 2.24) is 0 Å². The molecule has 10 heavy (non-hydrogen) atoms. The molecule has 0 bridgehead atoms. The van der Waals surface area contributed by atoms with E-state index in [1.54, 1.807) is 0 Å². The first kappa shape index (κ1) is 7.05. The Balaban J connectivity index is 0.0000001000. The van der Waals surface area contributed by atoms with E-state index in [0.717, 1.165) is 0 Å². The predicted octanol–water partition coefficient (Wildman–Crippen LogP) is -0.133. The number of carbonyl (C=O) groups excluding carboxylic acids is 2. The van der Waals surface area contributed by atoms with E-state index in [9.17, 15) is 9.59 Å². The number of carbonyl (C=O) groups is 2. The second-order valence-electron chi connectivity index (χ2n) is 1.94. The summed E-state index contributed by atoms with van der Waals surface area (Å²) in [5.74, 6) is -0.130. The van der Waals surface area contributed by atoms with Gasteiger partial charge in [-0.05, 0) is 0 Å². The first-order chi connectivity index (χ1) is 4.79. The summed E-state index contributed by atoms with van der Waals surface area (Å²) in [6, 6.07) is 0. The van der Waals surface area contributed by atoms with E-state index in [-0.39, 0.29) is 11.9 Å². The maximum atomic E-state index is 9.68. The average molecular weight is 144 g/mol. The lowest BCUT2D eigenvalue weighted by Crippen LogP contribution is -2.18. The van der Waals surface area contributed by atoms with Crippen LogP contribution in [0.25, 0.3) is 0 Å². The largest absolute Gasteiger partial charge is 0.465 e. The van der Waals surface area contributed by atoms with Gasteiger partial charge in [-0.15, -0.1) is 0 Å². The van der Waals surface area contributed by atoms with Gasteiger partial charge in [-0.2, -0.15) is 0 Å². The highest BCUT2D eigenvalue weighted by atomic mass is 16.6. The fourth-order valence-electron chi connectivity index (χ4n) is 0.371. The van der Waals surface area contributed by atoms with Gasteiger partial charge in [0.1, 0.15) is 13.2 Å². The maximum absolute atomic E-state index is 9.68. The normalized spacial score (nSPS) is 20.4. The quantitative estimate of drug-likeness (QED) is 0.444. The van der Waals surface area contributed by atoms with Crippen molar-refractivity contribution in [3.05, 3.63) is 0 Å². The monoisotopic (exact) mass is 144 g/mol. The molecule has 0 saturated carbocycles. The molecular formula is C6H8O4. The van der Waals surface area contributed by atoms with Gasteiger partial charge in [0.2, 0.25) is 0 Å². The molecule has 0 aromatic rings. The van der Waals surface area contributed by atoms with Crippen LogP contribution in [0.1, 0.15) is 12.8 Å². The Hall–Kier alpha value is -1.06. The van der Waals surface area contributed by atoms with Gasteiger partial charge < -0.3 is 9.47 Å². The molecule has 0 aliphatic carbocycles. The van der Waals surface area contributed by atoms with Crippen molar-refractivity contribution in [2.45, 2.75) is 12.8 Å². The van der Waals surface area contributed by atoms with Crippen LogP contribution in [0, 0.1) is 0 Å². The topological polar surface area (TPSA) is 52.6 Å². The highest BCUT2D eigenvalue weighted by Gasteiger charge is 2.11. The zero-order valence-corrected chi connectivity index (χ0v) is 5.46. The minimum absolute atomic E-state index is 0.0648. The van der Waals surface area contributed by atoms with Crippen molar-refractivity contribution in [1.29, 1.82) is 0 Å². The summed E-state index contributed by atoms with van der Waals surface area (Å²) in [5, 5.41) is 0. The van der Waals surface area contributed by atoms with Crippen LogP contribution in [-0.2, 0) is 19.1 Å². The molecule has 0 atom stereocenters. The van der Waals surface area contributed by atoms with Crippen LogP contribution in [0.4, 0.5) is 0 Å². The molecule has 56 valence electrons. The zero-order chi connectivity index (χ0) is 7.40. The molecule has 2 heterocycles. The maximum Gasteiger partial charge on any atom is 0.309 e. The predicted molar refractivity (Wildman–Crippen MR) is 31.2 cm³/mol. The van der Waals surface area contributed by atoms with E-state index < -0.39 is 0 Å². The third-order valence-corrected chi connectivity index (χ3v) is 1.14. The third kappa shape index (κ3) is 2.05. The number of hydrogen-bond acceptors (Lipinski definition) is 4. The van der Waals surface area contributed by atoms with E-state index >= 15 is 0 Å². The smallest absolute Gasteiger partial charge is 0.309 e. The van der Waals surface area contributed by atoms with Gasteiger partial charge in [0.25, 0.3) is 0 Å². The molecule has 0 amide bonds. The number of cyclic esters (lactones) is 2. The van der Waals surface area contributed by atoms with Crippen molar-refractivity contribution >= 4 is 11.9 Å². The molecule has 2 aliphatic rings. The van der Waals surface area contributed by atoms with Crippen molar-refractivity contribution in [3.8, 4) is 0 Å². The Kier molecular flexibility index (Phi) is 2.25. The van der Waals surface area contributed by atoms with E-state index in [0.29, 0.717) is 26.1 Å². The number of esters is 2. The van der Waals surface area contributed by atoms with Gasteiger partial charge in [-0.25, -0.2) is 0 Å². The second-order valence-corrected chi connectivity index (χ2v) is 1.94. The Morgan fingerprint density at radius 1 is 0.900 bits per heavy atom. The minimum atomic E-state index is -0.0648. The summed E-state index contributed by atoms with van der Waals surface area (Å²) < 4.78 is 8.58. The summed E-state index contributed by atoms with van der Waals surface area (Å²) >= 11 is 0. The first-order valence-electron chi connectivity index (χ1n) is 3.10. The van der Waals surface area contributed by atoms with Crippen LogP contribution < -0.4 is 0 Å². The van der Waals surface area contributed by atoms with Crippen LogP contribution in [0.15, 0.2) is 0 Å². The van der Waals surface area contributed by atoms with Crippen LogP contribution in [0.3, 0.4) is 0 Å². The van der Waals surface area contributed by atoms with Gasteiger partial charge in [0.05, 0.1) is 12.8 Å². The van der Waals surface area contributed by atoms with Crippen LogP contribution in [0.5, 0.6) is 0 Å². The molecule has 2 aliphatic heterocycles. The highest BCUT2D eigenvalue weighted by molar-refractivity contribution is 5.74. The zero-order valence-electron chi connectivity index (χ0n) is 5.46. The third-order valence-electron chi connectivity index (χ3n) is 1.14.